The fourth-order valence-electron chi connectivity index (χ4n) is 3.37. The first-order valence-electron chi connectivity index (χ1n) is 8.77. The Morgan fingerprint density at radius 2 is 2.15 bits per heavy atom. The number of hydrogen-bond acceptors (Lipinski definition) is 6. The molecule has 1 aromatic carbocycles. The molecule has 3 aromatic rings. The van der Waals surface area contributed by atoms with Gasteiger partial charge in [0.05, 0.1) is 13.2 Å². The molecule has 2 N–H and O–H groups in total. The SMILES string of the molecule is Cc1ccc(-c2nc([C@@H]3CC(=O)N(c4cccc(O)c4)C3)n(CCO)n2)o1. The molecule has 1 amide bonds. The van der Waals surface area contributed by atoms with Crippen LogP contribution in [-0.2, 0) is 11.3 Å². The Kier molecular flexibility index (Phi) is 4.41. The summed E-state index contributed by atoms with van der Waals surface area (Å²) in [6.07, 6.45) is 0.288. The van der Waals surface area contributed by atoms with Gasteiger partial charge < -0.3 is 19.5 Å². The Bertz CT molecular complexity index is 978. The van der Waals surface area contributed by atoms with Gasteiger partial charge in [-0.25, -0.2) is 9.67 Å². The van der Waals surface area contributed by atoms with Crippen LogP contribution in [0.4, 0.5) is 5.69 Å². The zero-order valence-electron chi connectivity index (χ0n) is 14.9. The second-order valence-corrected chi connectivity index (χ2v) is 6.58. The fourth-order valence-corrected chi connectivity index (χ4v) is 3.37. The van der Waals surface area contributed by atoms with Gasteiger partial charge in [-0.05, 0) is 31.2 Å². The molecule has 27 heavy (non-hydrogen) atoms. The molecular formula is C19H20N4O4. The normalized spacial score (nSPS) is 17.0. The molecule has 1 saturated heterocycles. The third-order valence-electron chi connectivity index (χ3n) is 4.60. The first-order chi connectivity index (χ1) is 13.0. The molecule has 1 aliphatic rings. The number of furan rings is 1. The van der Waals surface area contributed by atoms with Gasteiger partial charge in [0.2, 0.25) is 11.7 Å². The van der Waals surface area contributed by atoms with Crippen LogP contribution in [0.2, 0.25) is 0 Å². The second kappa shape index (κ2) is 6.88. The number of hydrogen-bond donors (Lipinski definition) is 2. The number of anilines is 1. The van der Waals surface area contributed by atoms with Gasteiger partial charge in [0.15, 0.2) is 5.76 Å². The zero-order valence-corrected chi connectivity index (χ0v) is 14.9. The minimum atomic E-state index is -0.163. The van der Waals surface area contributed by atoms with E-state index in [-0.39, 0.29) is 30.6 Å². The van der Waals surface area contributed by atoms with Crippen molar-refractivity contribution < 1.29 is 19.4 Å². The molecular weight excluding hydrogens is 348 g/mol. The van der Waals surface area contributed by atoms with Crippen LogP contribution >= 0.6 is 0 Å². The molecule has 1 aliphatic heterocycles. The summed E-state index contributed by atoms with van der Waals surface area (Å²) in [6, 6.07) is 10.3. The van der Waals surface area contributed by atoms with Crippen LogP contribution in [0.3, 0.4) is 0 Å². The number of aromatic hydroxyl groups is 1. The van der Waals surface area contributed by atoms with E-state index < -0.39 is 0 Å². The van der Waals surface area contributed by atoms with Gasteiger partial charge in [-0.15, -0.1) is 5.10 Å². The molecule has 0 bridgehead atoms. The quantitative estimate of drug-likeness (QED) is 0.714. The van der Waals surface area contributed by atoms with Crippen molar-refractivity contribution in [3.8, 4) is 17.3 Å². The van der Waals surface area contributed by atoms with Crippen LogP contribution in [0, 0.1) is 6.92 Å². The standard InChI is InChI=1S/C19H20N4O4/c1-12-5-6-16(27-12)18-20-19(23(21-18)7-8-24)13-9-17(26)22(11-13)14-3-2-4-15(25)10-14/h2-6,10,13,24-25H,7-9,11H2,1H3/t13-/m1/s1. The Morgan fingerprint density at radius 3 is 2.85 bits per heavy atom. The van der Waals surface area contributed by atoms with Crippen molar-refractivity contribution in [1.29, 1.82) is 0 Å². The van der Waals surface area contributed by atoms with E-state index in [2.05, 4.69) is 10.1 Å². The van der Waals surface area contributed by atoms with E-state index in [9.17, 15) is 15.0 Å². The summed E-state index contributed by atoms with van der Waals surface area (Å²) in [5.41, 5.74) is 0.651. The van der Waals surface area contributed by atoms with Crippen molar-refractivity contribution in [2.75, 3.05) is 18.1 Å². The van der Waals surface area contributed by atoms with Crippen molar-refractivity contribution in [1.82, 2.24) is 14.8 Å². The van der Waals surface area contributed by atoms with Crippen molar-refractivity contribution in [2.24, 2.45) is 0 Å². The van der Waals surface area contributed by atoms with Crippen LogP contribution in [0.15, 0.2) is 40.8 Å². The molecule has 8 nitrogen and oxygen atoms in total. The van der Waals surface area contributed by atoms with Crippen molar-refractivity contribution in [3.63, 3.8) is 0 Å². The summed E-state index contributed by atoms with van der Waals surface area (Å²) in [4.78, 5) is 18.8. The third-order valence-corrected chi connectivity index (χ3v) is 4.60. The van der Waals surface area contributed by atoms with E-state index in [1.807, 2.05) is 13.0 Å². The first kappa shape index (κ1) is 17.3. The summed E-state index contributed by atoms with van der Waals surface area (Å²) < 4.78 is 7.23. The first-order valence-corrected chi connectivity index (χ1v) is 8.77. The van der Waals surface area contributed by atoms with Crippen LogP contribution in [0.5, 0.6) is 5.75 Å². The second-order valence-electron chi connectivity index (χ2n) is 6.58. The average Bonchev–Trinajstić information content (AvgIpc) is 3.33. The minimum absolute atomic E-state index is 0.0421. The van der Waals surface area contributed by atoms with Gasteiger partial charge >= 0.3 is 0 Å². The summed E-state index contributed by atoms with van der Waals surface area (Å²) in [6.45, 7) is 2.49. The van der Waals surface area contributed by atoms with E-state index in [0.717, 1.165) is 5.76 Å². The van der Waals surface area contributed by atoms with Gasteiger partial charge in [-0.3, -0.25) is 4.79 Å². The number of rotatable bonds is 5. The van der Waals surface area contributed by atoms with Crippen LogP contribution < -0.4 is 4.90 Å². The number of aliphatic hydroxyl groups is 1. The molecule has 1 atom stereocenters. The Balaban J connectivity index is 1.64. The number of nitrogens with zero attached hydrogens (tertiary/aromatic N) is 4. The molecule has 2 aromatic heterocycles. The maximum atomic E-state index is 12.5. The average molecular weight is 368 g/mol. The number of aliphatic hydroxyl groups excluding tert-OH is 1. The van der Waals surface area contributed by atoms with Crippen LogP contribution in [0.1, 0.15) is 23.9 Å². The molecule has 4 rings (SSSR count). The highest BCUT2D eigenvalue weighted by Crippen LogP contribution is 2.33. The Labute approximate surface area is 155 Å². The molecule has 3 heterocycles. The van der Waals surface area contributed by atoms with E-state index in [1.54, 1.807) is 39.9 Å². The zero-order chi connectivity index (χ0) is 19.0. The monoisotopic (exact) mass is 368 g/mol. The number of phenols is 1. The van der Waals surface area contributed by atoms with Crippen molar-refractivity contribution in [3.05, 3.63) is 48.0 Å². The van der Waals surface area contributed by atoms with Crippen LogP contribution in [-0.4, -0.2) is 44.0 Å². The van der Waals surface area contributed by atoms with Gasteiger partial charge in [0.25, 0.3) is 0 Å². The van der Waals surface area contributed by atoms with Crippen LogP contribution in [0.25, 0.3) is 11.6 Å². The lowest BCUT2D eigenvalue weighted by Gasteiger charge is -2.17. The van der Waals surface area contributed by atoms with Gasteiger partial charge in [-0.2, -0.15) is 0 Å². The molecule has 0 unspecified atom stereocenters. The topological polar surface area (TPSA) is 105 Å². The molecule has 8 heteroatoms. The lowest BCUT2D eigenvalue weighted by molar-refractivity contribution is -0.117. The maximum absolute atomic E-state index is 12.5. The van der Waals surface area contributed by atoms with Crippen molar-refractivity contribution >= 4 is 11.6 Å². The highest BCUT2D eigenvalue weighted by atomic mass is 16.3. The maximum Gasteiger partial charge on any atom is 0.227 e. The predicted molar refractivity (Wildman–Crippen MR) is 97.4 cm³/mol. The lowest BCUT2D eigenvalue weighted by Crippen LogP contribution is -2.24. The van der Waals surface area contributed by atoms with E-state index in [0.29, 0.717) is 36.2 Å². The smallest absolute Gasteiger partial charge is 0.227 e. The molecule has 1 fully saturated rings. The van der Waals surface area contributed by atoms with Gasteiger partial charge in [-0.1, -0.05) is 6.07 Å². The Hall–Kier alpha value is -3.13. The summed E-state index contributed by atoms with van der Waals surface area (Å²) in [5, 5.41) is 23.5. The highest BCUT2D eigenvalue weighted by Gasteiger charge is 2.35. The molecule has 140 valence electrons. The lowest BCUT2D eigenvalue weighted by atomic mass is 10.1. The number of amides is 1. The third kappa shape index (κ3) is 3.31. The largest absolute Gasteiger partial charge is 0.508 e. The fraction of sp³-hybridized carbons (Fsp3) is 0.316. The van der Waals surface area contributed by atoms with E-state index in [1.165, 1.54) is 0 Å². The number of aromatic nitrogens is 3. The van der Waals surface area contributed by atoms with E-state index in [4.69, 9.17) is 4.42 Å². The molecule has 0 aliphatic carbocycles. The predicted octanol–water partition coefficient (Wildman–Crippen LogP) is 2.06. The molecule has 0 spiro atoms. The minimum Gasteiger partial charge on any atom is -0.508 e. The molecule has 0 saturated carbocycles. The Morgan fingerprint density at radius 1 is 1.30 bits per heavy atom. The highest BCUT2D eigenvalue weighted by molar-refractivity contribution is 5.96. The number of carbonyl (C=O) groups excluding carboxylic acids is 1. The van der Waals surface area contributed by atoms with Crippen molar-refractivity contribution in [2.45, 2.75) is 25.8 Å². The number of aryl methyl sites for hydroxylation is 1. The number of benzene rings is 1. The summed E-state index contributed by atoms with van der Waals surface area (Å²) in [7, 11) is 0. The van der Waals surface area contributed by atoms with E-state index >= 15 is 0 Å². The summed E-state index contributed by atoms with van der Waals surface area (Å²) in [5.74, 6) is 2.31. The summed E-state index contributed by atoms with van der Waals surface area (Å²) >= 11 is 0. The van der Waals surface area contributed by atoms with Gasteiger partial charge in [0.1, 0.15) is 17.3 Å². The number of carbonyl (C=O) groups is 1. The molecule has 0 radical (unpaired) electrons. The van der Waals surface area contributed by atoms with Gasteiger partial charge in [0, 0.05) is 30.6 Å². The number of phenolic OH excluding ortho intramolecular Hbond substituents is 1.